The van der Waals surface area contributed by atoms with E-state index >= 15 is 0 Å². The van der Waals surface area contributed by atoms with Gasteiger partial charge in [0.05, 0.1) is 36.4 Å². The van der Waals surface area contributed by atoms with Gasteiger partial charge >= 0.3 is 5.97 Å². The molecule has 0 atom stereocenters. The fraction of sp³-hybridized carbons (Fsp3) is 0.500. The summed E-state index contributed by atoms with van der Waals surface area (Å²) in [4.78, 5) is 22.1. The molecular weight excluding hydrogens is 278 g/mol. The maximum atomic E-state index is 11.5. The quantitative estimate of drug-likeness (QED) is 0.483. The van der Waals surface area contributed by atoms with Gasteiger partial charge in [0.15, 0.2) is 6.29 Å². The first-order valence-electron chi connectivity index (χ1n) is 6.44. The number of methoxy groups -OCH3 is 1. The van der Waals surface area contributed by atoms with E-state index in [2.05, 4.69) is 4.74 Å². The third-order valence-corrected chi connectivity index (χ3v) is 3.15. The van der Waals surface area contributed by atoms with Crippen LogP contribution in [0.1, 0.15) is 36.1 Å². The average Bonchev–Trinajstić information content (AvgIpc) is 2.46. The van der Waals surface area contributed by atoms with Crippen LogP contribution >= 0.6 is 0 Å². The number of carbonyl (C=O) groups excluding carboxylic acids is 1. The third kappa shape index (κ3) is 3.37. The molecule has 7 heteroatoms. The summed E-state index contributed by atoms with van der Waals surface area (Å²) >= 11 is 0. The van der Waals surface area contributed by atoms with E-state index in [1.165, 1.54) is 25.3 Å². The van der Waals surface area contributed by atoms with Crippen molar-refractivity contribution in [2.24, 2.45) is 5.41 Å². The number of hydrogen-bond donors (Lipinski definition) is 0. The molecule has 1 aliphatic rings. The molecule has 1 heterocycles. The Kier molecular flexibility index (Phi) is 4.24. The number of nitro groups is 1. The van der Waals surface area contributed by atoms with Crippen molar-refractivity contribution < 1.29 is 23.9 Å². The molecule has 1 aliphatic heterocycles. The molecule has 0 radical (unpaired) electrons. The Labute approximate surface area is 122 Å². The first-order valence-corrected chi connectivity index (χ1v) is 6.44. The van der Waals surface area contributed by atoms with Gasteiger partial charge < -0.3 is 14.2 Å². The Balaban J connectivity index is 2.31. The van der Waals surface area contributed by atoms with E-state index < -0.39 is 17.2 Å². The van der Waals surface area contributed by atoms with Crippen molar-refractivity contribution in [1.29, 1.82) is 0 Å². The molecule has 2 rings (SSSR count). The number of carbonyl (C=O) groups is 1. The van der Waals surface area contributed by atoms with Gasteiger partial charge in [-0.2, -0.15) is 0 Å². The fourth-order valence-electron chi connectivity index (χ4n) is 2.02. The second kappa shape index (κ2) is 5.79. The summed E-state index contributed by atoms with van der Waals surface area (Å²) in [5.41, 5.74) is 0.0619. The maximum absolute atomic E-state index is 11.5. The van der Waals surface area contributed by atoms with Gasteiger partial charge in [-0.1, -0.05) is 13.8 Å². The van der Waals surface area contributed by atoms with E-state index in [0.29, 0.717) is 18.8 Å². The van der Waals surface area contributed by atoms with Crippen LogP contribution in [0.2, 0.25) is 0 Å². The van der Waals surface area contributed by atoms with Crippen LogP contribution in [-0.2, 0) is 14.2 Å². The van der Waals surface area contributed by atoms with Gasteiger partial charge in [-0.15, -0.1) is 0 Å². The minimum atomic E-state index is -0.801. The van der Waals surface area contributed by atoms with Crippen LogP contribution in [0, 0.1) is 15.5 Å². The summed E-state index contributed by atoms with van der Waals surface area (Å²) in [6, 6.07) is 4.10. The van der Waals surface area contributed by atoms with E-state index in [9.17, 15) is 14.9 Å². The molecule has 1 saturated heterocycles. The standard InChI is InChI=1S/C14H17NO6/c1-14(2)7-20-13(21-8-14)10-5-4-9(12(16)19-3)6-11(10)15(17)18/h4-6,13H,7-8H2,1-3H3. The number of esters is 1. The third-order valence-electron chi connectivity index (χ3n) is 3.15. The lowest BCUT2D eigenvalue weighted by Gasteiger charge is -2.34. The van der Waals surface area contributed by atoms with Crippen molar-refractivity contribution in [3.05, 3.63) is 39.4 Å². The molecule has 0 aromatic heterocycles. The SMILES string of the molecule is COC(=O)c1ccc(C2OCC(C)(C)CO2)c([N+](=O)[O-])c1. The van der Waals surface area contributed by atoms with Crippen molar-refractivity contribution in [3.63, 3.8) is 0 Å². The molecule has 0 spiro atoms. The average molecular weight is 295 g/mol. The summed E-state index contributed by atoms with van der Waals surface area (Å²) in [5.74, 6) is -0.628. The second-order valence-electron chi connectivity index (χ2n) is 5.64. The number of nitro benzene ring substituents is 1. The topological polar surface area (TPSA) is 87.9 Å². The van der Waals surface area contributed by atoms with Crippen LogP contribution in [-0.4, -0.2) is 31.2 Å². The predicted octanol–water partition coefficient (Wildman–Crippen LogP) is 2.45. The molecule has 0 saturated carbocycles. The number of hydrogen-bond acceptors (Lipinski definition) is 6. The first-order chi connectivity index (χ1) is 9.84. The zero-order valence-electron chi connectivity index (χ0n) is 12.1. The monoisotopic (exact) mass is 295 g/mol. The largest absolute Gasteiger partial charge is 0.465 e. The molecule has 114 valence electrons. The highest BCUT2D eigenvalue weighted by atomic mass is 16.7. The first kappa shape index (κ1) is 15.4. The molecular formula is C14H17NO6. The van der Waals surface area contributed by atoms with Crippen LogP contribution in [0.15, 0.2) is 18.2 Å². The predicted molar refractivity (Wildman–Crippen MR) is 72.9 cm³/mol. The Morgan fingerprint density at radius 1 is 1.38 bits per heavy atom. The van der Waals surface area contributed by atoms with E-state index in [1.807, 2.05) is 13.8 Å². The fourth-order valence-corrected chi connectivity index (χ4v) is 2.02. The number of nitrogens with zero attached hydrogens (tertiary/aromatic N) is 1. The lowest BCUT2D eigenvalue weighted by Crippen LogP contribution is -2.34. The highest BCUT2D eigenvalue weighted by molar-refractivity contribution is 5.90. The normalized spacial score (nSPS) is 18.2. The van der Waals surface area contributed by atoms with Gasteiger partial charge in [-0.25, -0.2) is 4.79 Å². The highest BCUT2D eigenvalue weighted by Gasteiger charge is 2.33. The van der Waals surface area contributed by atoms with Gasteiger partial charge in [0.1, 0.15) is 0 Å². The van der Waals surface area contributed by atoms with E-state index in [1.54, 1.807) is 0 Å². The smallest absolute Gasteiger partial charge is 0.338 e. The van der Waals surface area contributed by atoms with Crippen LogP contribution in [0.25, 0.3) is 0 Å². The van der Waals surface area contributed by atoms with Crippen LogP contribution in [0.4, 0.5) is 5.69 Å². The number of ether oxygens (including phenoxy) is 3. The van der Waals surface area contributed by atoms with E-state index in [4.69, 9.17) is 9.47 Å². The minimum absolute atomic E-state index is 0.115. The van der Waals surface area contributed by atoms with Gasteiger partial charge in [0.25, 0.3) is 5.69 Å². The lowest BCUT2D eigenvalue weighted by molar-refractivity contribution is -0.387. The van der Waals surface area contributed by atoms with Crippen molar-refractivity contribution in [2.45, 2.75) is 20.1 Å². The Bertz CT molecular complexity index is 559. The molecule has 0 amide bonds. The summed E-state index contributed by atoms with van der Waals surface area (Å²) in [6.45, 7) is 4.84. The van der Waals surface area contributed by atoms with Crippen molar-refractivity contribution in [3.8, 4) is 0 Å². The van der Waals surface area contributed by atoms with Crippen molar-refractivity contribution in [1.82, 2.24) is 0 Å². The zero-order valence-corrected chi connectivity index (χ0v) is 12.1. The molecule has 0 unspecified atom stereocenters. The lowest BCUT2D eigenvalue weighted by atomic mass is 9.95. The van der Waals surface area contributed by atoms with Crippen LogP contribution < -0.4 is 0 Å². The summed E-state index contributed by atoms with van der Waals surface area (Å²) in [6.07, 6.45) is -0.801. The minimum Gasteiger partial charge on any atom is -0.465 e. The maximum Gasteiger partial charge on any atom is 0.338 e. The van der Waals surface area contributed by atoms with E-state index in [-0.39, 0.29) is 16.7 Å². The van der Waals surface area contributed by atoms with Crippen molar-refractivity contribution >= 4 is 11.7 Å². The van der Waals surface area contributed by atoms with Gasteiger partial charge in [-0.05, 0) is 12.1 Å². The second-order valence-corrected chi connectivity index (χ2v) is 5.64. The van der Waals surface area contributed by atoms with Crippen LogP contribution in [0.3, 0.4) is 0 Å². The van der Waals surface area contributed by atoms with Gasteiger partial charge in [0.2, 0.25) is 0 Å². The number of rotatable bonds is 3. The summed E-state index contributed by atoms with van der Waals surface area (Å²) in [5, 5.41) is 11.2. The molecule has 1 aromatic rings. The van der Waals surface area contributed by atoms with Gasteiger partial charge in [-0.3, -0.25) is 10.1 Å². The molecule has 0 aliphatic carbocycles. The highest BCUT2D eigenvalue weighted by Crippen LogP contribution is 2.35. The van der Waals surface area contributed by atoms with E-state index in [0.717, 1.165) is 0 Å². The Morgan fingerprint density at radius 3 is 2.52 bits per heavy atom. The Morgan fingerprint density at radius 2 is 2.00 bits per heavy atom. The molecule has 0 N–H and O–H groups in total. The molecule has 0 bridgehead atoms. The molecule has 21 heavy (non-hydrogen) atoms. The summed E-state index contributed by atoms with van der Waals surface area (Å²) in [7, 11) is 1.22. The zero-order chi connectivity index (χ0) is 15.6. The molecule has 7 nitrogen and oxygen atoms in total. The van der Waals surface area contributed by atoms with Crippen molar-refractivity contribution in [2.75, 3.05) is 20.3 Å². The number of benzene rings is 1. The van der Waals surface area contributed by atoms with Crippen LogP contribution in [0.5, 0.6) is 0 Å². The van der Waals surface area contributed by atoms with Gasteiger partial charge in [0, 0.05) is 11.5 Å². The summed E-state index contributed by atoms with van der Waals surface area (Å²) < 4.78 is 15.7. The Hall–Kier alpha value is -1.99. The molecule has 1 fully saturated rings. The molecule has 1 aromatic carbocycles.